The fourth-order valence-corrected chi connectivity index (χ4v) is 2.97. The molecule has 0 spiro atoms. The Morgan fingerprint density at radius 1 is 1.27 bits per heavy atom. The third-order valence-electron chi connectivity index (χ3n) is 4.66. The van der Waals surface area contributed by atoms with Gasteiger partial charge < -0.3 is 15.2 Å². The zero-order valence-electron chi connectivity index (χ0n) is 15.2. The van der Waals surface area contributed by atoms with Crippen LogP contribution in [-0.4, -0.2) is 26.8 Å². The number of hydrogen-bond acceptors (Lipinski definition) is 3. The Morgan fingerprint density at radius 2 is 2.00 bits per heavy atom. The van der Waals surface area contributed by atoms with E-state index in [0.717, 1.165) is 24.5 Å². The van der Waals surface area contributed by atoms with E-state index in [2.05, 4.69) is 25.8 Å². The minimum atomic E-state index is -0.226. The summed E-state index contributed by atoms with van der Waals surface area (Å²) in [6, 6.07) is 7.17. The van der Waals surface area contributed by atoms with E-state index in [-0.39, 0.29) is 29.8 Å². The Hall–Kier alpha value is -1.71. The Bertz CT molecular complexity index is 739. The number of halogens is 2. The van der Waals surface area contributed by atoms with Crippen molar-refractivity contribution in [2.45, 2.75) is 51.7 Å². The maximum atomic E-state index is 13.8. The van der Waals surface area contributed by atoms with Crippen molar-refractivity contribution in [2.75, 3.05) is 0 Å². The third kappa shape index (κ3) is 5.39. The van der Waals surface area contributed by atoms with Crippen molar-refractivity contribution in [1.29, 1.82) is 0 Å². The van der Waals surface area contributed by atoms with Crippen molar-refractivity contribution >= 4 is 29.9 Å². The van der Waals surface area contributed by atoms with Gasteiger partial charge in [0.05, 0.1) is 13.1 Å². The van der Waals surface area contributed by atoms with E-state index in [9.17, 15) is 4.39 Å². The number of hydrogen-bond donors (Lipinski definition) is 2. The highest BCUT2D eigenvalue weighted by molar-refractivity contribution is 14.0. The number of nitrogens with zero attached hydrogens (tertiary/aromatic N) is 4. The average molecular weight is 472 g/mol. The molecule has 1 fully saturated rings. The molecular weight excluding hydrogens is 446 g/mol. The molecule has 0 radical (unpaired) electrons. The predicted molar refractivity (Wildman–Crippen MR) is 111 cm³/mol. The predicted octanol–water partition coefficient (Wildman–Crippen LogP) is 3.06. The van der Waals surface area contributed by atoms with Gasteiger partial charge in [0.15, 0.2) is 11.8 Å². The molecule has 8 heteroatoms. The largest absolute Gasteiger partial charge is 0.354 e. The van der Waals surface area contributed by atoms with Gasteiger partial charge in [0.2, 0.25) is 0 Å². The number of aromatic nitrogens is 3. The first-order valence-electron chi connectivity index (χ1n) is 8.76. The van der Waals surface area contributed by atoms with Crippen molar-refractivity contribution in [2.24, 2.45) is 12.0 Å². The monoisotopic (exact) mass is 472 g/mol. The van der Waals surface area contributed by atoms with E-state index < -0.39 is 0 Å². The van der Waals surface area contributed by atoms with Gasteiger partial charge in [0.25, 0.3) is 0 Å². The van der Waals surface area contributed by atoms with E-state index in [1.54, 1.807) is 12.1 Å². The number of aliphatic imine (C=N–C) groups is 1. The molecule has 2 aromatic rings. The minimum Gasteiger partial charge on any atom is -0.354 e. The van der Waals surface area contributed by atoms with Crippen molar-refractivity contribution in [3.8, 4) is 0 Å². The summed E-state index contributed by atoms with van der Waals surface area (Å²) in [7, 11) is 1.94. The van der Waals surface area contributed by atoms with Gasteiger partial charge in [0.1, 0.15) is 11.6 Å². The SMILES string of the molecule is Cc1nnc(CNC(=NCc2ccccc2F)NC2CCCC2)n1C.I. The molecule has 1 aromatic carbocycles. The highest BCUT2D eigenvalue weighted by Gasteiger charge is 2.16. The molecule has 0 atom stereocenters. The summed E-state index contributed by atoms with van der Waals surface area (Å²) in [5, 5.41) is 15.0. The zero-order valence-corrected chi connectivity index (χ0v) is 17.5. The van der Waals surface area contributed by atoms with Gasteiger partial charge in [-0.15, -0.1) is 34.2 Å². The molecule has 142 valence electrons. The molecule has 1 aromatic heterocycles. The topological polar surface area (TPSA) is 67.1 Å². The third-order valence-corrected chi connectivity index (χ3v) is 4.66. The molecule has 1 saturated carbocycles. The van der Waals surface area contributed by atoms with Crippen LogP contribution in [0.3, 0.4) is 0 Å². The summed E-state index contributed by atoms with van der Waals surface area (Å²) >= 11 is 0. The number of benzene rings is 1. The Kier molecular flexibility index (Phi) is 7.80. The normalized spacial score (nSPS) is 15.0. The van der Waals surface area contributed by atoms with E-state index in [1.165, 1.54) is 18.9 Å². The van der Waals surface area contributed by atoms with E-state index in [0.29, 0.717) is 30.7 Å². The highest BCUT2D eigenvalue weighted by atomic mass is 127. The number of rotatable bonds is 5. The van der Waals surface area contributed by atoms with Crippen LogP contribution >= 0.6 is 24.0 Å². The summed E-state index contributed by atoms with van der Waals surface area (Å²) < 4.78 is 15.8. The smallest absolute Gasteiger partial charge is 0.192 e. The molecule has 0 saturated heterocycles. The summed E-state index contributed by atoms with van der Waals surface area (Å²) in [6.45, 7) is 2.74. The molecule has 2 N–H and O–H groups in total. The molecule has 0 amide bonds. The van der Waals surface area contributed by atoms with Crippen molar-refractivity contribution in [3.63, 3.8) is 0 Å². The fourth-order valence-electron chi connectivity index (χ4n) is 2.97. The standard InChI is InChI=1S/C18H25FN6.HI/c1-13-23-24-17(25(13)2)12-21-18(22-15-8-4-5-9-15)20-11-14-7-3-6-10-16(14)19;/h3,6-7,10,15H,4-5,8-9,11-12H2,1-2H3,(H2,20,21,22);1H. The van der Waals surface area contributed by atoms with Gasteiger partial charge in [0, 0.05) is 18.7 Å². The lowest BCUT2D eigenvalue weighted by atomic mass is 10.2. The maximum Gasteiger partial charge on any atom is 0.192 e. The van der Waals surface area contributed by atoms with Gasteiger partial charge in [-0.2, -0.15) is 0 Å². The first kappa shape index (κ1) is 20.6. The summed E-state index contributed by atoms with van der Waals surface area (Å²) in [5.74, 6) is 2.17. The minimum absolute atomic E-state index is 0. The van der Waals surface area contributed by atoms with Crippen LogP contribution in [0.1, 0.15) is 42.9 Å². The molecule has 1 aliphatic carbocycles. The lowest BCUT2D eigenvalue weighted by molar-refractivity contribution is 0.599. The van der Waals surface area contributed by atoms with Crippen molar-refractivity contribution in [1.82, 2.24) is 25.4 Å². The van der Waals surface area contributed by atoms with E-state index in [1.807, 2.05) is 24.6 Å². The molecule has 0 aliphatic heterocycles. The maximum absolute atomic E-state index is 13.8. The van der Waals surface area contributed by atoms with Gasteiger partial charge in [-0.25, -0.2) is 9.38 Å². The van der Waals surface area contributed by atoms with Crippen LogP contribution in [0.2, 0.25) is 0 Å². The van der Waals surface area contributed by atoms with Gasteiger partial charge in [-0.1, -0.05) is 31.0 Å². The van der Waals surface area contributed by atoms with Crippen molar-refractivity contribution in [3.05, 3.63) is 47.3 Å². The van der Waals surface area contributed by atoms with E-state index >= 15 is 0 Å². The molecule has 0 bridgehead atoms. The molecule has 3 rings (SSSR count). The number of nitrogens with one attached hydrogen (secondary N) is 2. The second-order valence-corrected chi connectivity index (χ2v) is 6.46. The van der Waals surface area contributed by atoms with Crippen LogP contribution in [-0.2, 0) is 20.1 Å². The first-order chi connectivity index (χ1) is 12.1. The quantitative estimate of drug-likeness (QED) is 0.399. The zero-order chi connectivity index (χ0) is 17.6. The Labute approximate surface area is 170 Å². The first-order valence-corrected chi connectivity index (χ1v) is 8.76. The highest BCUT2D eigenvalue weighted by Crippen LogP contribution is 2.17. The van der Waals surface area contributed by atoms with Crippen LogP contribution < -0.4 is 10.6 Å². The molecule has 0 unspecified atom stereocenters. The number of guanidine groups is 1. The van der Waals surface area contributed by atoms with Crippen LogP contribution in [0.25, 0.3) is 0 Å². The average Bonchev–Trinajstić information content (AvgIpc) is 3.23. The Morgan fingerprint density at radius 3 is 2.65 bits per heavy atom. The lowest BCUT2D eigenvalue weighted by Crippen LogP contribution is -2.42. The number of aryl methyl sites for hydroxylation is 1. The second-order valence-electron chi connectivity index (χ2n) is 6.46. The summed E-state index contributed by atoms with van der Waals surface area (Å²) in [6.07, 6.45) is 4.76. The van der Waals surface area contributed by atoms with Crippen molar-refractivity contribution < 1.29 is 4.39 Å². The van der Waals surface area contributed by atoms with Crippen LogP contribution in [0.15, 0.2) is 29.3 Å². The molecular formula is C18H26FIN6. The van der Waals surface area contributed by atoms with E-state index in [4.69, 9.17) is 0 Å². The molecule has 1 heterocycles. The summed E-state index contributed by atoms with van der Waals surface area (Å²) in [4.78, 5) is 4.57. The lowest BCUT2D eigenvalue weighted by Gasteiger charge is -2.17. The van der Waals surface area contributed by atoms with Crippen LogP contribution in [0.5, 0.6) is 0 Å². The van der Waals surface area contributed by atoms with Gasteiger partial charge >= 0.3 is 0 Å². The van der Waals surface area contributed by atoms with Gasteiger partial charge in [-0.3, -0.25) is 0 Å². The molecule has 1 aliphatic rings. The molecule has 26 heavy (non-hydrogen) atoms. The van der Waals surface area contributed by atoms with Crippen LogP contribution in [0, 0.1) is 12.7 Å². The van der Waals surface area contributed by atoms with Crippen LogP contribution in [0.4, 0.5) is 4.39 Å². The Balaban J connectivity index is 0.00000243. The fraction of sp³-hybridized carbons (Fsp3) is 0.500. The molecule has 6 nitrogen and oxygen atoms in total. The van der Waals surface area contributed by atoms with Gasteiger partial charge in [-0.05, 0) is 25.8 Å². The second kappa shape index (κ2) is 9.84. The summed E-state index contributed by atoms with van der Waals surface area (Å²) in [5.41, 5.74) is 0.588.